The second-order valence-corrected chi connectivity index (χ2v) is 9.33. The minimum atomic E-state index is -0.466. The van der Waals surface area contributed by atoms with Gasteiger partial charge >= 0.3 is 0 Å². The predicted molar refractivity (Wildman–Crippen MR) is 130 cm³/mol. The lowest BCUT2D eigenvalue weighted by atomic mass is 10.1. The molecule has 0 bridgehead atoms. The Labute approximate surface area is 191 Å². The van der Waals surface area contributed by atoms with E-state index < -0.39 is 6.04 Å². The van der Waals surface area contributed by atoms with Crippen LogP contribution >= 0.6 is 11.8 Å². The molecule has 2 atom stereocenters. The van der Waals surface area contributed by atoms with Crippen molar-refractivity contribution in [3.05, 3.63) is 65.2 Å². The summed E-state index contributed by atoms with van der Waals surface area (Å²) in [6.45, 7) is 10.6. The van der Waals surface area contributed by atoms with Crippen molar-refractivity contribution in [3.8, 4) is 0 Å². The van der Waals surface area contributed by atoms with Crippen LogP contribution in [-0.2, 0) is 16.1 Å². The number of carbonyl (C=O) groups excluding carboxylic acids is 2. The van der Waals surface area contributed by atoms with E-state index in [0.29, 0.717) is 25.1 Å². The Hall–Kier alpha value is -2.27. The zero-order chi connectivity index (χ0) is 22.8. The molecule has 0 fully saturated rings. The lowest BCUT2D eigenvalue weighted by Gasteiger charge is -2.31. The first kappa shape index (κ1) is 25.0. The highest BCUT2D eigenvalue weighted by Gasteiger charge is 2.29. The number of aryl methyl sites for hydroxylation is 2. The number of amides is 2. The standard InChI is InChI=1S/C26H36N2O2S/c1-6-21(5)27-26(30)24(7-2)28(18-22-10-8-9-20(4)17-22)25(29)15-16-31-23-13-11-19(3)12-14-23/h8-14,17,21,24H,6-7,15-16,18H2,1-5H3,(H,27,30)/t21-,24+/m1/s1. The van der Waals surface area contributed by atoms with Crippen LogP contribution in [0.1, 0.15) is 56.7 Å². The van der Waals surface area contributed by atoms with Crippen LogP contribution in [-0.4, -0.2) is 34.6 Å². The van der Waals surface area contributed by atoms with E-state index in [1.807, 2.05) is 45.9 Å². The molecule has 0 spiro atoms. The van der Waals surface area contributed by atoms with Gasteiger partial charge in [0, 0.05) is 29.7 Å². The zero-order valence-corrected chi connectivity index (χ0v) is 20.3. The van der Waals surface area contributed by atoms with E-state index >= 15 is 0 Å². The van der Waals surface area contributed by atoms with Gasteiger partial charge in [-0.3, -0.25) is 9.59 Å². The van der Waals surface area contributed by atoms with Gasteiger partial charge in [-0.2, -0.15) is 0 Å². The number of hydrogen-bond acceptors (Lipinski definition) is 3. The van der Waals surface area contributed by atoms with Crippen molar-refractivity contribution in [2.45, 2.75) is 77.4 Å². The van der Waals surface area contributed by atoms with Crippen molar-refractivity contribution < 1.29 is 9.59 Å². The molecule has 2 aromatic carbocycles. The van der Waals surface area contributed by atoms with Gasteiger partial charge in [-0.15, -0.1) is 11.8 Å². The minimum Gasteiger partial charge on any atom is -0.352 e. The van der Waals surface area contributed by atoms with E-state index in [1.54, 1.807) is 16.7 Å². The van der Waals surface area contributed by atoms with Crippen molar-refractivity contribution in [1.29, 1.82) is 0 Å². The molecular weight excluding hydrogens is 404 g/mol. The first-order valence-corrected chi connectivity index (χ1v) is 12.2. The Bertz CT molecular complexity index is 851. The van der Waals surface area contributed by atoms with Crippen LogP contribution in [0.2, 0.25) is 0 Å². The molecule has 0 heterocycles. The number of nitrogens with zero attached hydrogens (tertiary/aromatic N) is 1. The number of thioether (sulfide) groups is 1. The Morgan fingerprint density at radius 2 is 1.71 bits per heavy atom. The normalized spacial score (nSPS) is 12.8. The summed E-state index contributed by atoms with van der Waals surface area (Å²) in [5, 5.41) is 3.06. The molecule has 0 aliphatic carbocycles. The number of hydrogen-bond donors (Lipinski definition) is 1. The van der Waals surface area contributed by atoms with Crippen molar-refractivity contribution in [3.63, 3.8) is 0 Å². The van der Waals surface area contributed by atoms with E-state index in [4.69, 9.17) is 0 Å². The van der Waals surface area contributed by atoms with Gasteiger partial charge < -0.3 is 10.2 Å². The highest BCUT2D eigenvalue weighted by molar-refractivity contribution is 7.99. The molecular formula is C26H36N2O2S. The molecule has 2 amide bonds. The average Bonchev–Trinajstić information content (AvgIpc) is 2.74. The van der Waals surface area contributed by atoms with Crippen LogP contribution in [0.15, 0.2) is 53.4 Å². The minimum absolute atomic E-state index is 0.0206. The molecule has 0 aliphatic rings. The molecule has 0 unspecified atom stereocenters. The van der Waals surface area contributed by atoms with E-state index in [1.165, 1.54) is 5.56 Å². The summed E-state index contributed by atoms with van der Waals surface area (Å²) in [5.74, 6) is 0.645. The van der Waals surface area contributed by atoms with Gasteiger partial charge in [0.25, 0.3) is 0 Å². The predicted octanol–water partition coefficient (Wildman–Crippen LogP) is 5.51. The Balaban J connectivity index is 2.13. The molecule has 1 N–H and O–H groups in total. The third kappa shape index (κ3) is 8.06. The van der Waals surface area contributed by atoms with E-state index in [0.717, 1.165) is 22.4 Å². The van der Waals surface area contributed by atoms with Crippen LogP contribution in [0, 0.1) is 13.8 Å². The summed E-state index contributed by atoms with van der Waals surface area (Å²) in [6, 6.07) is 16.1. The third-order valence-electron chi connectivity index (χ3n) is 5.43. The zero-order valence-electron chi connectivity index (χ0n) is 19.5. The molecule has 0 saturated carbocycles. The largest absolute Gasteiger partial charge is 0.352 e. The monoisotopic (exact) mass is 440 g/mol. The second-order valence-electron chi connectivity index (χ2n) is 8.16. The summed E-state index contributed by atoms with van der Waals surface area (Å²) < 4.78 is 0. The van der Waals surface area contributed by atoms with Crippen molar-refractivity contribution >= 4 is 23.6 Å². The molecule has 5 heteroatoms. The smallest absolute Gasteiger partial charge is 0.243 e. The van der Waals surface area contributed by atoms with Gasteiger partial charge in [0.15, 0.2) is 0 Å². The van der Waals surface area contributed by atoms with Gasteiger partial charge in [0.1, 0.15) is 6.04 Å². The van der Waals surface area contributed by atoms with Gasteiger partial charge in [0.2, 0.25) is 11.8 Å². The Morgan fingerprint density at radius 3 is 2.32 bits per heavy atom. The summed E-state index contributed by atoms with van der Waals surface area (Å²) in [5.41, 5.74) is 3.43. The molecule has 4 nitrogen and oxygen atoms in total. The van der Waals surface area contributed by atoms with Gasteiger partial charge in [0.05, 0.1) is 0 Å². The molecule has 168 valence electrons. The SMILES string of the molecule is CC[C@@H](C)NC(=O)[C@H](CC)N(Cc1cccc(C)c1)C(=O)CCSc1ccc(C)cc1. The molecule has 0 saturated heterocycles. The number of rotatable bonds is 11. The highest BCUT2D eigenvalue weighted by Crippen LogP contribution is 2.21. The van der Waals surface area contributed by atoms with Crippen molar-refractivity contribution in [1.82, 2.24) is 10.2 Å². The second kappa shape index (κ2) is 12.6. The number of benzene rings is 2. The Morgan fingerprint density at radius 1 is 1.00 bits per heavy atom. The van der Waals surface area contributed by atoms with Gasteiger partial charge in [-0.25, -0.2) is 0 Å². The fraction of sp³-hybridized carbons (Fsp3) is 0.462. The maximum absolute atomic E-state index is 13.3. The maximum Gasteiger partial charge on any atom is 0.243 e. The number of nitrogens with one attached hydrogen (secondary N) is 1. The van der Waals surface area contributed by atoms with Crippen LogP contribution < -0.4 is 5.32 Å². The molecule has 31 heavy (non-hydrogen) atoms. The first-order chi connectivity index (χ1) is 14.8. The van der Waals surface area contributed by atoms with Crippen LogP contribution in [0.5, 0.6) is 0 Å². The molecule has 2 aromatic rings. The molecule has 2 rings (SSSR count). The van der Waals surface area contributed by atoms with E-state index in [9.17, 15) is 9.59 Å². The summed E-state index contributed by atoms with van der Waals surface area (Å²) >= 11 is 1.68. The average molecular weight is 441 g/mol. The molecule has 0 radical (unpaired) electrons. The van der Waals surface area contributed by atoms with Crippen LogP contribution in [0.3, 0.4) is 0 Å². The lowest BCUT2D eigenvalue weighted by Crippen LogP contribution is -2.50. The molecule has 0 aromatic heterocycles. The summed E-state index contributed by atoms with van der Waals surface area (Å²) in [4.78, 5) is 29.2. The van der Waals surface area contributed by atoms with E-state index in [2.05, 4.69) is 42.6 Å². The van der Waals surface area contributed by atoms with Gasteiger partial charge in [-0.1, -0.05) is 61.4 Å². The van der Waals surface area contributed by atoms with Crippen LogP contribution in [0.4, 0.5) is 0 Å². The fourth-order valence-electron chi connectivity index (χ4n) is 3.40. The van der Waals surface area contributed by atoms with E-state index in [-0.39, 0.29) is 17.9 Å². The Kier molecular flexibility index (Phi) is 10.1. The van der Waals surface area contributed by atoms with Crippen molar-refractivity contribution in [2.75, 3.05) is 5.75 Å². The quantitative estimate of drug-likeness (QED) is 0.469. The fourth-order valence-corrected chi connectivity index (χ4v) is 4.24. The maximum atomic E-state index is 13.3. The lowest BCUT2D eigenvalue weighted by molar-refractivity contribution is -0.141. The highest BCUT2D eigenvalue weighted by atomic mass is 32.2. The van der Waals surface area contributed by atoms with Gasteiger partial charge in [-0.05, 0) is 51.3 Å². The molecule has 0 aliphatic heterocycles. The van der Waals surface area contributed by atoms with Crippen LogP contribution in [0.25, 0.3) is 0 Å². The summed E-state index contributed by atoms with van der Waals surface area (Å²) in [7, 11) is 0. The third-order valence-corrected chi connectivity index (χ3v) is 6.44. The number of carbonyl (C=O) groups is 2. The topological polar surface area (TPSA) is 49.4 Å². The first-order valence-electron chi connectivity index (χ1n) is 11.2. The van der Waals surface area contributed by atoms with Crippen molar-refractivity contribution in [2.24, 2.45) is 0 Å². The summed E-state index contributed by atoms with van der Waals surface area (Å²) in [6.07, 6.45) is 1.85.